The van der Waals surface area contributed by atoms with E-state index < -0.39 is 0 Å². The Bertz CT molecular complexity index is 710. The van der Waals surface area contributed by atoms with Crippen LogP contribution in [0.25, 0.3) is 0 Å². The second kappa shape index (κ2) is 11.2. The molecule has 1 atom stereocenters. The number of carbonyl (C=O) groups excluding carboxylic acids is 1. The minimum Gasteiger partial charge on any atom is -0.493 e. The lowest BCUT2D eigenvalue weighted by atomic mass is 9.96. The molecule has 168 valence electrons. The van der Waals surface area contributed by atoms with E-state index in [1.54, 1.807) is 12.1 Å². The number of hydrogen-bond acceptors (Lipinski definition) is 6. The first kappa shape index (κ1) is 23.1. The van der Waals surface area contributed by atoms with Gasteiger partial charge >= 0.3 is 0 Å². The van der Waals surface area contributed by atoms with Crippen molar-refractivity contribution in [1.82, 2.24) is 15.1 Å². The van der Waals surface area contributed by atoms with Crippen molar-refractivity contribution in [2.75, 3.05) is 64.8 Å². The van der Waals surface area contributed by atoms with E-state index in [0.29, 0.717) is 41.8 Å². The molecule has 30 heavy (non-hydrogen) atoms. The number of amides is 1. The van der Waals surface area contributed by atoms with E-state index in [1.165, 1.54) is 25.9 Å². The van der Waals surface area contributed by atoms with Crippen molar-refractivity contribution in [3.63, 3.8) is 0 Å². The summed E-state index contributed by atoms with van der Waals surface area (Å²) >= 11 is 6.11. The highest BCUT2D eigenvalue weighted by Crippen LogP contribution is 2.29. The molecular formula is C22H35ClN4O3. The van der Waals surface area contributed by atoms with E-state index in [4.69, 9.17) is 26.8 Å². The lowest BCUT2D eigenvalue weighted by molar-refractivity contribution is -0.0335. The van der Waals surface area contributed by atoms with Crippen molar-refractivity contribution in [3.05, 3.63) is 22.7 Å². The van der Waals surface area contributed by atoms with Crippen molar-refractivity contribution in [2.24, 2.45) is 5.92 Å². The molecule has 0 aromatic heterocycles. The number of nitrogen functional groups attached to an aromatic ring is 1. The second-order valence-electron chi connectivity index (χ2n) is 8.14. The zero-order valence-electron chi connectivity index (χ0n) is 18.2. The van der Waals surface area contributed by atoms with Gasteiger partial charge in [0.2, 0.25) is 0 Å². The van der Waals surface area contributed by atoms with Crippen LogP contribution in [0.5, 0.6) is 5.75 Å². The van der Waals surface area contributed by atoms with Gasteiger partial charge in [0.05, 0.1) is 35.6 Å². The summed E-state index contributed by atoms with van der Waals surface area (Å²) in [7, 11) is 0. The smallest absolute Gasteiger partial charge is 0.255 e. The van der Waals surface area contributed by atoms with Crippen LogP contribution in [0.2, 0.25) is 5.02 Å². The molecule has 1 aromatic rings. The minimum absolute atomic E-state index is 0.0155. The van der Waals surface area contributed by atoms with Gasteiger partial charge in [-0.3, -0.25) is 9.69 Å². The lowest BCUT2D eigenvalue weighted by Crippen LogP contribution is -2.49. The largest absolute Gasteiger partial charge is 0.493 e. The highest BCUT2D eigenvalue weighted by Gasteiger charge is 2.26. The maximum absolute atomic E-state index is 12.7. The number of anilines is 1. The third kappa shape index (κ3) is 6.23. The van der Waals surface area contributed by atoms with E-state index in [2.05, 4.69) is 22.0 Å². The molecule has 0 bridgehead atoms. The highest BCUT2D eigenvalue weighted by atomic mass is 35.5. The third-order valence-corrected chi connectivity index (χ3v) is 6.35. The maximum Gasteiger partial charge on any atom is 0.255 e. The Morgan fingerprint density at radius 2 is 2.03 bits per heavy atom. The van der Waals surface area contributed by atoms with Crippen LogP contribution >= 0.6 is 11.6 Å². The zero-order chi connectivity index (χ0) is 21.5. The molecule has 2 aliphatic rings. The van der Waals surface area contributed by atoms with Crippen LogP contribution in [0, 0.1) is 5.92 Å². The van der Waals surface area contributed by atoms with Gasteiger partial charge in [0.15, 0.2) is 0 Å². The van der Waals surface area contributed by atoms with Crippen LogP contribution in [0.3, 0.4) is 0 Å². The molecular weight excluding hydrogens is 404 g/mol. The Morgan fingerprint density at radius 1 is 1.27 bits per heavy atom. The summed E-state index contributed by atoms with van der Waals surface area (Å²) < 4.78 is 11.5. The Hall–Kier alpha value is -1.54. The number of likely N-dealkylation sites (tertiary alicyclic amines) is 1. The Balaban J connectivity index is 1.50. The van der Waals surface area contributed by atoms with Gasteiger partial charge in [0, 0.05) is 32.2 Å². The first-order valence-corrected chi connectivity index (χ1v) is 11.4. The minimum atomic E-state index is -0.229. The summed E-state index contributed by atoms with van der Waals surface area (Å²) in [6, 6.07) is 3.16. The average Bonchev–Trinajstić information content (AvgIpc) is 2.75. The number of halogens is 1. The van der Waals surface area contributed by atoms with Crippen molar-refractivity contribution in [1.29, 1.82) is 0 Å². The number of hydrogen-bond donors (Lipinski definition) is 2. The number of nitrogens with zero attached hydrogens (tertiary/aromatic N) is 2. The van der Waals surface area contributed by atoms with Gasteiger partial charge in [0.25, 0.3) is 5.91 Å². The second-order valence-corrected chi connectivity index (χ2v) is 8.55. The van der Waals surface area contributed by atoms with Crippen molar-refractivity contribution in [3.8, 4) is 5.75 Å². The molecule has 1 aromatic carbocycles. The SMILES string of the molecule is CCOc1cc(N)c(Cl)cc1C(=O)NCC1CN(CC2CCN(CC)CC2)CCO1. The summed E-state index contributed by atoms with van der Waals surface area (Å²) in [4.78, 5) is 17.7. The molecule has 2 aliphatic heterocycles. The fourth-order valence-electron chi connectivity index (χ4n) is 4.24. The Morgan fingerprint density at radius 3 is 2.73 bits per heavy atom. The van der Waals surface area contributed by atoms with Gasteiger partial charge in [0.1, 0.15) is 5.75 Å². The molecule has 2 saturated heterocycles. The quantitative estimate of drug-likeness (QED) is 0.607. The molecule has 0 aliphatic carbocycles. The summed E-state index contributed by atoms with van der Waals surface area (Å²) in [5.74, 6) is 0.973. The van der Waals surface area contributed by atoms with Crippen LogP contribution in [0.4, 0.5) is 5.69 Å². The number of rotatable bonds is 8. The molecule has 3 N–H and O–H groups in total. The number of benzene rings is 1. The van der Waals surface area contributed by atoms with E-state index >= 15 is 0 Å². The molecule has 7 nitrogen and oxygen atoms in total. The summed E-state index contributed by atoms with van der Waals surface area (Å²) in [5.41, 5.74) is 6.64. The summed E-state index contributed by atoms with van der Waals surface area (Å²) in [6.07, 6.45) is 2.52. The van der Waals surface area contributed by atoms with Crippen LogP contribution in [-0.4, -0.2) is 80.8 Å². The normalized spacial score (nSPS) is 21.5. The number of piperidine rings is 1. The third-order valence-electron chi connectivity index (χ3n) is 6.03. The molecule has 2 heterocycles. The van der Waals surface area contributed by atoms with Gasteiger partial charge < -0.3 is 25.4 Å². The molecule has 0 radical (unpaired) electrons. The summed E-state index contributed by atoms with van der Waals surface area (Å²) in [5, 5.41) is 3.32. The zero-order valence-corrected chi connectivity index (χ0v) is 18.9. The monoisotopic (exact) mass is 438 g/mol. The molecule has 1 amide bonds. The molecule has 1 unspecified atom stereocenters. The summed E-state index contributed by atoms with van der Waals surface area (Å²) in [6.45, 7) is 12.2. The van der Waals surface area contributed by atoms with Gasteiger partial charge in [-0.25, -0.2) is 0 Å². The van der Waals surface area contributed by atoms with E-state index in [-0.39, 0.29) is 12.0 Å². The number of nitrogens with two attached hydrogens (primary N) is 1. The molecule has 8 heteroatoms. The van der Waals surface area contributed by atoms with Crippen molar-refractivity contribution < 1.29 is 14.3 Å². The standard InChI is InChI=1S/C22H35ClN4O3/c1-3-26-7-5-16(6-8-26)14-27-9-10-30-17(15-27)13-25-22(28)18-11-19(23)20(24)12-21(18)29-4-2/h11-12,16-17H,3-10,13-15,24H2,1-2H3,(H,25,28). The van der Waals surface area contributed by atoms with E-state index in [9.17, 15) is 4.79 Å². The Kier molecular flexibility index (Phi) is 8.62. The van der Waals surface area contributed by atoms with Crippen LogP contribution in [0.1, 0.15) is 37.0 Å². The van der Waals surface area contributed by atoms with Gasteiger partial charge in [-0.1, -0.05) is 18.5 Å². The van der Waals surface area contributed by atoms with Gasteiger partial charge in [-0.2, -0.15) is 0 Å². The van der Waals surface area contributed by atoms with Crippen LogP contribution in [-0.2, 0) is 4.74 Å². The van der Waals surface area contributed by atoms with Crippen molar-refractivity contribution in [2.45, 2.75) is 32.8 Å². The van der Waals surface area contributed by atoms with E-state index in [1.807, 2.05) is 6.92 Å². The molecule has 0 spiro atoms. The fraction of sp³-hybridized carbons (Fsp3) is 0.682. The van der Waals surface area contributed by atoms with Crippen LogP contribution in [0.15, 0.2) is 12.1 Å². The van der Waals surface area contributed by atoms with Gasteiger partial charge in [-0.15, -0.1) is 0 Å². The maximum atomic E-state index is 12.7. The Labute approximate surface area is 184 Å². The predicted molar refractivity (Wildman–Crippen MR) is 120 cm³/mol. The highest BCUT2D eigenvalue weighted by molar-refractivity contribution is 6.33. The van der Waals surface area contributed by atoms with Crippen molar-refractivity contribution >= 4 is 23.2 Å². The number of morpholine rings is 1. The molecule has 3 rings (SSSR count). The topological polar surface area (TPSA) is 80.1 Å². The van der Waals surface area contributed by atoms with E-state index in [0.717, 1.165) is 32.1 Å². The van der Waals surface area contributed by atoms with Gasteiger partial charge in [-0.05, 0) is 51.4 Å². The number of nitrogens with one attached hydrogen (secondary N) is 1. The molecule has 0 saturated carbocycles. The van der Waals surface area contributed by atoms with Crippen LogP contribution < -0.4 is 15.8 Å². The predicted octanol–water partition coefficient (Wildman–Crippen LogP) is 2.48. The number of ether oxygens (including phenoxy) is 2. The fourth-order valence-corrected chi connectivity index (χ4v) is 4.41. The first-order valence-electron chi connectivity index (χ1n) is 11.1. The average molecular weight is 439 g/mol. The first-order chi connectivity index (χ1) is 14.5. The number of carbonyl (C=O) groups is 1. The lowest BCUT2D eigenvalue weighted by Gasteiger charge is -2.38. The molecule has 2 fully saturated rings.